The number of nitrogens with two attached hydrogens (primary N) is 1. The fourth-order valence-corrected chi connectivity index (χ4v) is 2.37. The van der Waals surface area contributed by atoms with Crippen LogP contribution in [0.2, 0.25) is 0 Å². The van der Waals surface area contributed by atoms with Crippen LogP contribution in [0.15, 0.2) is 6.20 Å². The number of hydrogen-bond donors (Lipinski definition) is 2. The first-order valence-corrected chi connectivity index (χ1v) is 7.15. The summed E-state index contributed by atoms with van der Waals surface area (Å²) < 4.78 is 0. The molecular weight excluding hydrogens is 260 g/mol. The second kappa shape index (κ2) is 6.42. The van der Waals surface area contributed by atoms with Crippen molar-refractivity contribution >= 4 is 22.3 Å². The van der Waals surface area contributed by atoms with Gasteiger partial charge in [0, 0.05) is 24.7 Å². The maximum atomic E-state index is 5.54. The molecule has 0 saturated carbocycles. The van der Waals surface area contributed by atoms with Gasteiger partial charge in [-0.2, -0.15) is 0 Å². The smallest absolute Gasteiger partial charge is 0.203 e. The third-order valence-corrected chi connectivity index (χ3v) is 3.52. The predicted molar refractivity (Wildman–Crippen MR) is 77.3 cm³/mol. The van der Waals surface area contributed by atoms with Gasteiger partial charge in [0.15, 0.2) is 0 Å². The molecule has 0 amide bonds. The van der Waals surface area contributed by atoms with Gasteiger partial charge in [0.05, 0.1) is 0 Å². The van der Waals surface area contributed by atoms with E-state index in [1.54, 1.807) is 0 Å². The number of hydrogen-bond acceptors (Lipinski definition) is 7. The Hall–Kier alpha value is -1.76. The number of aromatic nitrogens is 4. The molecule has 102 valence electrons. The van der Waals surface area contributed by atoms with Gasteiger partial charge in [-0.15, -0.1) is 10.2 Å². The zero-order valence-electron chi connectivity index (χ0n) is 11.2. The predicted octanol–water partition coefficient (Wildman–Crippen LogP) is 1.83. The zero-order valence-corrected chi connectivity index (χ0v) is 12.0. The van der Waals surface area contributed by atoms with E-state index in [2.05, 4.69) is 32.4 Å². The van der Waals surface area contributed by atoms with E-state index >= 15 is 0 Å². The highest BCUT2D eigenvalue weighted by molar-refractivity contribution is 7.15. The summed E-state index contributed by atoms with van der Waals surface area (Å²) in [5.41, 5.74) is 6.68. The molecule has 3 N–H and O–H groups in total. The summed E-state index contributed by atoms with van der Waals surface area (Å²) in [6, 6.07) is 0. The van der Waals surface area contributed by atoms with Crippen LogP contribution in [0, 0.1) is 6.92 Å². The van der Waals surface area contributed by atoms with E-state index in [9.17, 15) is 0 Å². The lowest BCUT2D eigenvalue weighted by atomic mass is 10.2. The topological polar surface area (TPSA) is 89.6 Å². The molecule has 0 spiro atoms. The minimum absolute atomic E-state index is 0.530. The molecule has 0 fully saturated rings. The number of nitrogens with one attached hydrogen (secondary N) is 1. The Morgan fingerprint density at radius 3 is 2.89 bits per heavy atom. The quantitative estimate of drug-likeness (QED) is 0.783. The number of rotatable bonds is 6. The van der Waals surface area contributed by atoms with Gasteiger partial charge >= 0.3 is 0 Å². The summed E-state index contributed by atoms with van der Waals surface area (Å²) >= 11 is 1.45. The molecule has 0 aliphatic rings. The fraction of sp³-hybridized carbons (Fsp3) is 0.500. The molecule has 0 saturated heterocycles. The molecule has 6 nitrogen and oxygen atoms in total. The first-order chi connectivity index (χ1) is 9.19. The van der Waals surface area contributed by atoms with E-state index in [1.165, 1.54) is 11.3 Å². The van der Waals surface area contributed by atoms with Crippen molar-refractivity contribution < 1.29 is 0 Å². The van der Waals surface area contributed by atoms with Gasteiger partial charge in [-0.05, 0) is 19.8 Å². The van der Waals surface area contributed by atoms with Gasteiger partial charge in [0.1, 0.15) is 16.6 Å². The summed E-state index contributed by atoms with van der Waals surface area (Å²) in [5.74, 6) is 1.73. The van der Waals surface area contributed by atoms with Crippen LogP contribution in [0.25, 0.3) is 0 Å². The van der Waals surface area contributed by atoms with Gasteiger partial charge in [-0.3, -0.25) is 0 Å². The Morgan fingerprint density at radius 1 is 1.37 bits per heavy atom. The molecule has 0 unspecified atom stereocenters. The van der Waals surface area contributed by atoms with Crippen LogP contribution >= 0.6 is 11.3 Å². The standard InChI is InChI=1S/C12H18N6S/c1-3-9-7-15-8(2)16-11(9)14-6-4-5-10-17-18-12(13)19-10/h7H,3-6H2,1-2H3,(H2,13,18)(H,14,15,16). The molecule has 0 aliphatic heterocycles. The SMILES string of the molecule is CCc1cnc(C)nc1NCCCc1nnc(N)s1. The third kappa shape index (κ3) is 3.85. The second-order valence-corrected chi connectivity index (χ2v) is 5.30. The first kappa shape index (κ1) is 13.7. The van der Waals surface area contributed by atoms with Gasteiger partial charge in [0.2, 0.25) is 5.13 Å². The Morgan fingerprint density at radius 2 is 2.21 bits per heavy atom. The zero-order chi connectivity index (χ0) is 13.7. The molecule has 19 heavy (non-hydrogen) atoms. The Balaban J connectivity index is 1.83. The fourth-order valence-electron chi connectivity index (χ4n) is 1.72. The Labute approximate surface area is 116 Å². The Bertz CT molecular complexity index is 539. The van der Waals surface area contributed by atoms with Crippen molar-refractivity contribution in [2.24, 2.45) is 0 Å². The molecule has 2 rings (SSSR count). The molecule has 2 heterocycles. The van der Waals surface area contributed by atoms with Gasteiger partial charge in [0.25, 0.3) is 0 Å². The van der Waals surface area contributed by atoms with Crippen molar-refractivity contribution in [2.75, 3.05) is 17.6 Å². The second-order valence-electron chi connectivity index (χ2n) is 4.21. The van der Waals surface area contributed by atoms with E-state index in [0.29, 0.717) is 5.13 Å². The van der Waals surface area contributed by atoms with Crippen molar-refractivity contribution in [3.8, 4) is 0 Å². The third-order valence-electron chi connectivity index (χ3n) is 2.71. The maximum Gasteiger partial charge on any atom is 0.203 e. The minimum atomic E-state index is 0.530. The van der Waals surface area contributed by atoms with Crippen LogP contribution in [0.5, 0.6) is 0 Å². The number of anilines is 2. The largest absolute Gasteiger partial charge is 0.374 e. The molecule has 0 atom stereocenters. The lowest BCUT2D eigenvalue weighted by Crippen LogP contribution is -2.08. The van der Waals surface area contributed by atoms with Crippen LogP contribution in [0.1, 0.15) is 29.7 Å². The van der Waals surface area contributed by atoms with Crippen LogP contribution in [-0.4, -0.2) is 26.7 Å². The highest BCUT2D eigenvalue weighted by Crippen LogP contribution is 2.14. The van der Waals surface area contributed by atoms with E-state index in [1.807, 2.05) is 13.1 Å². The average Bonchev–Trinajstić information content (AvgIpc) is 2.81. The summed E-state index contributed by atoms with van der Waals surface area (Å²) in [6.45, 7) is 4.85. The molecule has 0 aliphatic carbocycles. The summed E-state index contributed by atoms with van der Waals surface area (Å²) in [6.07, 6.45) is 4.67. The van der Waals surface area contributed by atoms with Crippen LogP contribution in [0.3, 0.4) is 0 Å². The lowest BCUT2D eigenvalue weighted by molar-refractivity contribution is 0.829. The highest BCUT2D eigenvalue weighted by atomic mass is 32.1. The van der Waals surface area contributed by atoms with Crippen LogP contribution < -0.4 is 11.1 Å². The van der Waals surface area contributed by atoms with Crippen molar-refractivity contribution in [3.63, 3.8) is 0 Å². The molecule has 2 aromatic heterocycles. The normalized spacial score (nSPS) is 10.6. The lowest BCUT2D eigenvalue weighted by Gasteiger charge is -2.09. The summed E-state index contributed by atoms with van der Waals surface area (Å²) in [4.78, 5) is 8.63. The summed E-state index contributed by atoms with van der Waals surface area (Å²) in [5, 5.41) is 12.7. The molecular formula is C12H18N6S. The van der Waals surface area contributed by atoms with E-state index in [0.717, 1.165) is 48.0 Å². The minimum Gasteiger partial charge on any atom is -0.374 e. The maximum absolute atomic E-state index is 5.54. The van der Waals surface area contributed by atoms with Gasteiger partial charge in [-0.1, -0.05) is 18.3 Å². The Kier molecular flexibility index (Phi) is 4.62. The average molecular weight is 278 g/mol. The van der Waals surface area contributed by atoms with Crippen molar-refractivity contribution in [1.29, 1.82) is 0 Å². The highest BCUT2D eigenvalue weighted by Gasteiger charge is 2.04. The molecule has 2 aromatic rings. The van der Waals surface area contributed by atoms with Crippen molar-refractivity contribution in [2.45, 2.75) is 33.1 Å². The first-order valence-electron chi connectivity index (χ1n) is 6.33. The number of nitrogens with zero attached hydrogens (tertiary/aromatic N) is 4. The molecule has 0 radical (unpaired) electrons. The van der Waals surface area contributed by atoms with E-state index < -0.39 is 0 Å². The summed E-state index contributed by atoms with van der Waals surface area (Å²) in [7, 11) is 0. The van der Waals surface area contributed by atoms with E-state index in [4.69, 9.17) is 5.73 Å². The molecule has 0 bridgehead atoms. The van der Waals surface area contributed by atoms with Crippen molar-refractivity contribution in [3.05, 3.63) is 22.6 Å². The number of nitrogen functional groups attached to an aromatic ring is 1. The molecule has 7 heteroatoms. The number of aryl methyl sites for hydroxylation is 3. The van der Waals surface area contributed by atoms with E-state index in [-0.39, 0.29) is 0 Å². The van der Waals surface area contributed by atoms with Crippen LogP contribution in [-0.2, 0) is 12.8 Å². The van der Waals surface area contributed by atoms with Gasteiger partial charge < -0.3 is 11.1 Å². The van der Waals surface area contributed by atoms with Crippen molar-refractivity contribution in [1.82, 2.24) is 20.2 Å². The molecule has 0 aromatic carbocycles. The van der Waals surface area contributed by atoms with Gasteiger partial charge in [-0.25, -0.2) is 9.97 Å². The monoisotopic (exact) mass is 278 g/mol. The van der Waals surface area contributed by atoms with Crippen LogP contribution in [0.4, 0.5) is 10.9 Å².